The molecule has 1 atom stereocenters. The van der Waals surface area contributed by atoms with E-state index in [0.717, 1.165) is 27.8 Å². The second kappa shape index (κ2) is 9.53. The van der Waals surface area contributed by atoms with E-state index in [-0.39, 0.29) is 18.9 Å². The van der Waals surface area contributed by atoms with Crippen LogP contribution >= 0.6 is 0 Å². The summed E-state index contributed by atoms with van der Waals surface area (Å²) in [4.78, 5) is 24.8. The van der Waals surface area contributed by atoms with Gasteiger partial charge in [-0.05, 0) is 39.9 Å². The third-order valence-electron chi connectivity index (χ3n) is 5.64. The Morgan fingerprint density at radius 3 is 2.09 bits per heavy atom. The number of anilines is 1. The fourth-order valence-electron chi connectivity index (χ4n) is 4.07. The van der Waals surface area contributed by atoms with Crippen molar-refractivity contribution in [1.82, 2.24) is 5.32 Å². The largest absolute Gasteiger partial charge is 0.467 e. The van der Waals surface area contributed by atoms with Gasteiger partial charge in [-0.15, -0.1) is 0 Å². The third kappa shape index (κ3) is 4.43. The van der Waals surface area contributed by atoms with Crippen LogP contribution in [-0.2, 0) is 20.7 Å². The summed E-state index contributed by atoms with van der Waals surface area (Å²) in [5.74, 6) is -0.633. The molecule has 1 unspecified atom stereocenters. The van der Waals surface area contributed by atoms with Crippen molar-refractivity contribution in [2.75, 3.05) is 19.2 Å². The maximum atomic E-state index is 12.6. The quantitative estimate of drug-likeness (QED) is 0.384. The lowest BCUT2D eigenvalue weighted by molar-refractivity contribution is -0.143. The monoisotopic (exact) mass is 432 g/mol. The Kier molecular flexibility index (Phi) is 6.37. The summed E-state index contributed by atoms with van der Waals surface area (Å²) in [6.45, 7) is 0.157. The van der Waals surface area contributed by atoms with E-state index < -0.39 is 18.1 Å². The Morgan fingerprint density at radius 1 is 0.938 bits per heavy atom. The second-order valence-electron chi connectivity index (χ2n) is 7.56. The van der Waals surface area contributed by atoms with E-state index in [0.29, 0.717) is 5.69 Å². The molecular formula is C25H24N2O5. The molecule has 3 aromatic rings. The van der Waals surface area contributed by atoms with Gasteiger partial charge in [-0.25, -0.2) is 9.59 Å². The molecule has 7 heteroatoms. The van der Waals surface area contributed by atoms with Crippen molar-refractivity contribution >= 4 is 17.7 Å². The van der Waals surface area contributed by atoms with Crippen LogP contribution in [0, 0.1) is 0 Å². The van der Waals surface area contributed by atoms with E-state index >= 15 is 0 Å². The predicted molar refractivity (Wildman–Crippen MR) is 120 cm³/mol. The number of esters is 1. The Bertz CT molecular complexity index is 1070. The van der Waals surface area contributed by atoms with E-state index in [1.807, 2.05) is 41.9 Å². The smallest absolute Gasteiger partial charge is 0.407 e. The maximum Gasteiger partial charge on any atom is 0.407 e. The first-order valence-corrected chi connectivity index (χ1v) is 10.3. The minimum absolute atomic E-state index is 0.0664. The van der Waals surface area contributed by atoms with Gasteiger partial charge in [0.05, 0.1) is 12.8 Å². The molecule has 0 radical (unpaired) electrons. The first-order valence-electron chi connectivity index (χ1n) is 10.3. The Labute approximate surface area is 185 Å². The molecule has 0 saturated heterocycles. The number of hydrogen-bond acceptors (Lipinski definition) is 6. The number of amides is 1. The maximum absolute atomic E-state index is 12.6. The zero-order chi connectivity index (χ0) is 22.5. The Morgan fingerprint density at radius 2 is 1.53 bits per heavy atom. The average molecular weight is 432 g/mol. The van der Waals surface area contributed by atoms with Gasteiger partial charge in [0.15, 0.2) is 0 Å². The van der Waals surface area contributed by atoms with Crippen LogP contribution in [0.3, 0.4) is 0 Å². The molecular weight excluding hydrogens is 408 g/mol. The number of ether oxygens (including phenoxy) is 2. The van der Waals surface area contributed by atoms with Crippen LogP contribution in [0.2, 0.25) is 0 Å². The number of alkyl carbamates (subject to hydrolysis) is 1. The zero-order valence-corrected chi connectivity index (χ0v) is 17.6. The van der Waals surface area contributed by atoms with Gasteiger partial charge < -0.3 is 14.8 Å². The molecule has 0 aliphatic heterocycles. The fraction of sp³-hybridized carbons (Fsp3) is 0.200. The summed E-state index contributed by atoms with van der Waals surface area (Å²) in [6, 6.07) is 22.1. The number of methoxy groups -OCH3 is 1. The zero-order valence-electron chi connectivity index (χ0n) is 17.6. The Balaban J connectivity index is 1.43. The number of hydrogen-bond donors (Lipinski definition) is 3. The predicted octanol–water partition coefficient (Wildman–Crippen LogP) is 4.11. The highest BCUT2D eigenvalue weighted by Gasteiger charge is 2.30. The number of fused-ring (bicyclic) bond motifs is 3. The standard InChI is InChI=1S/C25H24N2O5/c1-31-24(28)23(14-16-10-12-17(27-30)13-11-16)26-25(29)32-15-22-20-8-4-2-6-18(20)19-7-3-5-9-21(19)22/h2-13,22-23,27,30H,14-15H2,1H3,(H,26,29). The van der Waals surface area contributed by atoms with Crippen LogP contribution in [0.1, 0.15) is 22.6 Å². The van der Waals surface area contributed by atoms with Gasteiger partial charge >= 0.3 is 12.1 Å². The fourth-order valence-corrected chi connectivity index (χ4v) is 4.07. The molecule has 164 valence electrons. The van der Waals surface area contributed by atoms with Crippen LogP contribution in [0.15, 0.2) is 72.8 Å². The number of nitrogens with one attached hydrogen (secondary N) is 2. The first-order chi connectivity index (χ1) is 15.6. The van der Waals surface area contributed by atoms with E-state index in [9.17, 15) is 9.59 Å². The van der Waals surface area contributed by atoms with E-state index in [4.69, 9.17) is 14.7 Å². The van der Waals surface area contributed by atoms with Crippen molar-refractivity contribution < 1.29 is 24.3 Å². The normalized spacial score (nSPS) is 12.9. The van der Waals surface area contributed by atoms with Gasteiger partial charge in [0.25, 0.3) is 0 Å². The first kappa shape index (κ1) is 21.4. The van der Waals surface area contributed by atoms with Crippen LogP contribution in [-0.4, -0.2) is 37.0 Å². The highest BCUT2D eigenvalue weighted by atomic mass is 16.6. The molecule has 0 fully saturated rings. The van der Waals surface area contributed by atoms with Crippen molar-refractivity contribution in [2.24, 2.45) is 0 Å². The van der Waals surface area contributed by atoms with E-state index in [1.54, 1.807) is 24.3 Å². The minimum Gasteiger partial charge on any atom is -0.467 e. The molecule has 0 heterocycles. The number of carbonyl (C=O) groups is 2. The topological polar surface area (TPSA) is 96.9 Å². The lowest BCUT2D eigenvalue weighted by Gasteiger charge is -2.18. The van der Waals surface area contributed by atoms with Crippen molar-refractivity contribution in [3.63, 3.8) is 0 Å². The average Bonchev–Trinajstić information content (AvgIpc) is 3.16. The molecule has 32 heavy (non-hydrogen) atoms. The van der Waals surface area contributed by atoms with E-state index in [2.05, 4.69) is 17.4 Å². The van der Waals surface area contributed by atoms with Gasteiger partial charge in [-0.2, -0.15) is 0 Å². The van der Waals surface area contributed by atoms with Gasteiger partial charge in [-0.3, -0.25) is 10.7 Å². The molecule has 0 saturated carbocycles. The lowest BCUT2D eigenvalue weighted by Crippen LogP contribution is -2.43. The molecule has 1 amide bonds. The van der Waals surface area contributed by atoms with Gasteiger partial charge in [0.1, 0.15) is 12.6 Å². The molecule has 1 aliphatic rings. The van der Waals surface area contributed by atoms with Crippen molar-refractivity contribution in [3.05, 3.63) is 89.5 Å². The summed E-state index contributed by atoms with van der Waals surface area (Å²) in [7, 11) is 1.27. The van der Waals surface area contributed by atoms with Gasteiger partial charge in [0.2, 0.25) is 0 Å². The van der Waals surface area contributed by atoms with Crippen molar-refractivity contribution in [2.45, 2.75) is 18.4 Å². The molecule has 3 aromatic carbocycles. The number of benzene rings is 3. The number of carbonyl (C=O) groups excluding carboxylic acids is 2. The van der Waals surface area contributed by atoms with Crippen LogP contribution in [0.25, 0.3) is 11.1 Å². The SMILES string of the molecule is COC(=O)C(Cc1ccc(NO)cc1)NC(=O)OCC1c2ccccc2-c2ccccc21. The molecule has 0 bridgehead atoms. The molecule has 0 aromatic heterocycles. The molecule has 1 aliphatic carbocycles. The van der Waals surface area contributed by atoms with E-state index in [1.165, 1.54) is 7.11 Å². The third-order valence-corrected chi connectivity index (χ3v) is 5.64. The molecule has 4 rings (SSSR count). The molecule has 3 N–H and O–H groups in total. The van der Waals surface area contributed by atoms with Crippen molar-refractivity contribution in [3.8, 4) is 11.1 Å². The van der Waals surface area contributed by atoms with Crippen LogP contribution in [0.4, 0.5) is 10.5 Å². The highest BCUT2D eigenvalue weighted by Crippen LogP contribution is 2.44. The van der Waals surface area contributed by atoms with Gasteiger partial charge in [0, 0.05) is 12.3 Å². The summed E-state index contributed by atoms with van der Waals surface area (Å²) in [5.41, 5.74) is 7.88. The Hall–Kier alpha value is -3.84. The van der Waals surface area contributed by atoms with Crippen LogP contribution in [0.5, 0.6) is 0 Å². The summed E-state index contributed by atoms with van der Waals surface area (Å²) < 4.78 is 10.4. The lowest BCUT2D eigenvalue weighted by atomic mass is 9.98. The second-order valence-corrected chi connectivity index (χ2v) is 7.56. The highest BCUT2D eigenvalue weighted by molar-refractivity contribution is 5.82. The molecule has 0 spiro atoms. The summed E-state index contributed by atoms with van der Waals surface area (Å²) >= 11 is 0. The number of rotatable bonds is 7. The summed E-state index contributed by atoms with van der Waals surface area (Å²) in [5, 5.41) is 11.5. The van der Waals surface area contributed by atoms with Crippen LogP contribution < -0.4 is 10.8 Å². The molecule has 7 nitrogen and oxygen atoms in total. The minimum atomic E-state index is -0.899. The van der Waals surface area contributed by atoms with Gasteiger partial charge in [-0.1, -0.05) is 60.7 Å². The summed E-state index contributed by atoms with van der Waals surface area (Å²) in [6.07, 6.45) is -0.460. The van der Waals surface area contributed by atoms with Crippen molar-refractivity contribution in [1.29, 1.82) is 0 Å².